The van der Waals surface area contributed by atoms with E-state index in [0.29, 0.717) is 19.4 Å². The number of ether oxygens (including phenoxy) is 1. The number of carbonyl (C=O) groups excluding carboxylic acids is 1. The maximum Gasteiger partial charge on any atom is 0.303 e. The zero-order valence-corrected chi connectivity index (χ0v) is 10.7. The highest BCUT2D eigenvalue weighted by Crippen LogP contribution is 1.98. The van der Waals surface area contributed by atoms with Gasteiger partial charge in [-0.15, -0.1) is 0 Å². The summed E-state index contributed by atoms with van der Waals surface area (Å²) < 4.78 is 5.25. The van der Waals surface area contributed by atoms with E-state index in [0.717, 1.165) is 39.3 Å². The third kappa shape index (κ3) is 7.24. The molecule has 1 aliphatic rings. The number of nitrogens with one attached hydrogen (secondary N) is 1. The quantitative estimate of drug-likeness (QED) is 0.603. The van der Waals surface area contributed by atoms with Crippen molar-refractivity contribution in [3.63, 3.8) is 0 Å². The zero-order chi connectivity index (χ0) is 13.2. The number of aliphatic carboxylic acids is 1. The molecule has 1 heterocycles. The predicted octanol–water partition coefficient (Wildman–Crippen LogP) is 0.0798. The Morgan fingerprint density at radius 3 is 2.56 bits per heavy atom. The standard InChI is InChI=1S/C12H22N2O4/c15-11(3-1-4-12(16)17)13-5-2-6-14-7-9-18-10-8-14/h1-10H2,(H,13,15)(H,16,17). The van der Waals surface area contributed by atoms with Gasteiger partial charge in [0.15, 0.2) is 0 Å². The molecule has 0 atom stereocenters. The van der Waals surface area contributed by atoms with Gasteiger partial charge in [-0.3, -0.25) is 14.5 Å². The minimum absolute atomic E-state index is 0.0567. The van der Waals surface area contributed by atoms with E-state index in [2.05, 4.69) is 10.2 Å². The van der Waals surface area contributed by atoms with Crippen molar-refractivity contribution in [2.45, 2.75) is 25.7 Å². The van der Waals surface area contributed by atoms with Crippen LogP contribution in [0.2, 0.25) is 0 Å². The number of amides is 1. The fourth-order valence-corrected chi connectivity index (χ4v) is 1.84. The minimum Gasteiger partial charge on any atom is -0.481 e. The Kier molecular flexibility index (Phi) is 7.36. The summed E-state index contributed by atoms with van der Waals surface area (Å²) in [7, 11) is 0. The zero-order valence-electron chi connectivity index (χ0n) is 10.7. The van der Waals surface area contributed by atoms with Gasteiger partial charge in [0.25, 0.3) is 0 Å². The first-order valence-corrected chi connectivity index (χ1v) is 6.47. The highest BCUT2D eigenvalue weighted by molar-refractivity contribution is 5.76. The van der Waals surface area contributed by atoms with E-state index in [1.54, 1.807) is 0 Å². The topological polar surface area (TPSA) is 78.9 Å². The number of nitrogens with zero attached hydrogens (tertiary/aromatic N) is 1. The third-order valence-corrected chi connectivity index (χ3v) is 2.87. The number of hydrogen-bond acceptors (Lipinski definition) is 4. The van der Waals surface area contributed by atoms with E-state index in [-0.39, 0.29) is 12.3 Å². The fourth-order valence-electron chi connectivity index (χ4n) is 1.84. The van der Waals surface area contributed by atoms with Gasteiger partial charge < -0.3 is 15.2 Å². The molecular weight excluding hydrogens is 236 g/mol. The Balaban J connectivity index is 1.93. The fraction of sp³-hybridized carbons (Fsp3) is 0.833. The van der Waals surface area contributed by atoms with Crippen molar-refractivity contribution < 1.29 is 19.4 Å². The summed E-state index contributed by atoms with van der Waals surface area (Å²) in [6, 6.07) is 0. The lowest BCUT2D eigenvalue weighted by Gasteiger charge is -2.26. The van der Waals surface area contributed by atoms with Gasteiger partial charge >= 0.3 is 5.97 Å². The molecule has 0 aromatic heterocycles. The van der Waals surface area contributed by atoms with Crippen molar-refractivity contribution in [1.29, 1.82) is 0 Å². The average molecular weight is 258 g/mol. The van der Waals surface area contributed by atoms with Crippen LogP contribution in [-0.4, -0.2) is 61.3 Å². The summed E-state index contributed by atoms with van der Waals surface area (Å²) in [5.74, 6) is -0.909. The molecule has 0 aromatic rings. The minimum atomic E-state index is -0.852. The van der Waals surface area contributed by atoms with Gasteiger partial charge in [0, 0.05) is 32.5 Å². The third-order valence-electron chi connectivity index (χ3n) is 2.87. The van der Waals surface area contributed by atoms with Crippen LogP contribution >= 0.6 is 0 Å². The van der Waals surface area contributed by atoms with Gasteiger partial charge in [0.2, 0.25) is 5.91 Å². The summed E-state index contributed by atoms with van der Waals surface area (Å²) in [6.07, 6.45) is 1.68. The molecule has 6 heteroatoms. The maximum atomic E-state index is 11.3. The predicted molar refractivity (Wildman–Crippen MR) is 66.4 cm³/mol. The number of rotatable bonds is 8. The van der Waals surface area contributed by atoms with Crippen molar-refractivity contribution >= 4 is 11.9 Å². The summed E-state index contributed by atoms with van der Waals surface area (Å²) in [5, 5.41) is 11.2. The van der Waals surface area contributed by atoms with E-state index in [9.17, 15) is 9.59 Å². The molecule has 1 fully saturated rings. The molecule has 1 amide bonds. The van der Waals surface area contributed by atoms with Crippen LogP contribution in [0.4, 0.5) is 0 Å². The molecule has 0 bridgehead atoms. The molecule has 0 aliphatic carbocycles. The average Bonchev–Trinajstić information content (AvgIpc) is 2.35. The first-order valence-electron chi connectivity index (χ1n) is 6.47. The summed E-state index contributed by atoms with van der Waals surface area (Å²) in [5.41, 5.74) is 0. The van der Waals surface area contributed by atoms with Gasteiger partial charge in [-0.25, -0.2) is 0 Å². The molecule has 1 saturated heterocycles. The lowest BCUT2D eigenvalue weighted by molar-refractivity contribution is -0.137. The second-order valence-corrected chi connectivity index (χ2v) is 4.40. The molecule has 0 radical (unpaired) electrons. The number of carbonyl (C=O) groups is 2. The van der Waals surface area contributed by atoms with Crippen molar-refractivity contribution in [1.82, 2.24) is 10.2 Å². The highest BCUT2D eigenvalue weighted by atomic mass is 16.5. The molecule has 104 valence electrons. The van der Waals surface area contributed by atoms with Crippen molar-refractivity contribution in [2.24, 2.45) is 0 Å². The van der Waals surface area contributed by atoms with Crippen LogP contribution in [-0.2, 0) is 14.3 Å². The van der Waals surface area contributed by atoms with Crippen LogP contribution in [0.15, 0.2) is 0 Å². The van der Waals surface area contributed by atoms with E-state index >= 15 is 0 Å². The normalized spacial score (nSPS) is 16.4. The Morgan fingerprint density at radius 1 is 1.17 bits per heavy atom. The molecule has 18 heavy (non-hydrogen) atoms. The Morgan fingerprint density at radius 2 is 1.89 bits per heavy atom. The van der Waals surface area contributed by atoms with E-state index < -0.39 is 5.97 Å². The molecule has 0 spiro atoms. The monoisotopic (exact) mass is 258 g/mol. The number of carboxylic acid groups (broad SMARTS) is 1. The van der Waals surface area contributed by atoms with Crippen molar-refractivity contribution in [3.8, 4) is 0 Å². The highest BCUT2D eigenvalue weighted by Gasteiger charge is 2.09. The summed E-state index contributed by atoms with van der Waals surface area (Å²) >= 11 is 0. The molecule has 0 aromatic carbocycles. The SMILES string of the molecule is O=C(O)CCCC(=O)NCCCN1CCOCC1. The van der Waals surface area contributed by atoms with Gasteiger partial charge in [-0.2, -0.15) is 0 Å². The van der Waals surface area contributed by atoms with E-state index in [1.807, 2.05) is 0 Å². The first kappa shape index (κ1) is 14.9. The van der Waals surface area contributed by atoms with Crippen LogP contribution in [0.1, 0.15) is 25.7 Å². The lowest BCUT2D eigenvalue weighted by atomic mass is 10.2. The maximum absolute atomic E-state index is 11.3. The Bertz CT molecular complexity index is 265. The van der Waals surface area contributed by atoms with Crippen LogP contribution in [0.25, 0.3) is 0 Å². The first-order chi connectivity index (χ1) is 8.68. The summed E-state index contributed by atoms with van der Waals surface area (Å²) in [4.78, 5) is 23.9. The van der Waals surface area contributed by atoms with E-state index in [1.165, 1.54) is 0 Å². The second-order valence-electron chi connectivity index (χ2n) is 4.40. The van der Waals surface area contributed by atoms with Crippen molar-refractivity contribution in [2.75, 3.05) is 39.4 Å². The molecule has 6 nitrogen and oxygen atoms in total. The van der Waals surface area contributed by atoms with E-state index in [4.69, 9.17) is 9.84 Å². The Labute approximate surface area is 107 Å². The van der Waals surface area contributed by atoms with Crippen LogP contribution in [0.3, 0.4) is 0 Å². The molecule has 0 unspecified atom stereocenters. The van der Waals surface area contributed by atoms with Crippen LogP contribution in [0, 0.1) is 0 Å². The molecule has 0 saturated carbocycles. The second kappa shape index (κ2) is 8.88. The number of carboxylic acids is 1. The van der Waals surface area contributed by atoms with Crippen molar-refractivity contribution in [3.05, 3.63) is 0 Å². The molecule has 2 N–H and O–H groups in total. The number of morpholine rings is 1. The Hall–Kier alpha value is -1.14. The molecule has 1 rings (SSSR count). The van der Waals surface area contributed by atoms with Gasteiger partial charge in [-0.05, 0) is 19.4 Å². The largest absolute Gasteiger partial charge is 0.481 e. The number of hydrogen-bond donors (Lipinski definition) is 2. The van der Waals surface area contributed by atoms with Gasteiger partial charge in [0.05, 0.1) is 13.2 Å². The molecular formula is C12H22N2O4. The van der Waals surface area contributed by atoms with Crippen LogP contribution in [0.5, 0.6) is 0 Å². The summed E-state index contributed by atoms with van der Waals surface area (Å²) in [6.45, 7) is 5.14. The smallest absolute Gasteiger partial charge is 0.303 e. The lowest BCUT2D eigenvalue weighted by Crippen LogP contribution is -2.38. The van der Waals surface area contributed by atoms with Crippen LogP contribution < -0.4 is 5.32 Å². The van der Waals surface area contributed by atoms with Gasteiger partial charge in [-0.1, -0.05) is 0 Å². The molecule has 1 aliphatic heterocycles. The van der Waals surface area contributed by atoms with Gasteiger partial charge in [0.1, 0.15) is 0 Å².